The Morgan fingerprint density at radius 1 is 1.34 bits per heavy atom. The van der Waals surface area contributed by atoms with E-state index in [4.69, 9.17) is 9.15 Å². The highest BCUT2D eigenvalue weighted by molar-refractivity contribution is 5.92. The number of hydrogen-bond acceptors (Lipinski definition) is 8. The van der Waals surface area contributed by atoms with Crippen LogP contribution in [0, 0.1) is 16.0 Å². The van der Waals surface area contributed by atoms with Crippen LogP contribution in [0.4, 0.5) is 5.69 Å². The minimum Gasteiger partial charge on any atom is -0.504 e. The van der Waals surface area contributed by atoms with Gasteiger partial charge in [-0.3, -0.25) is 19.8 Å². The summed E-state index contributed by atoms with van der Waals surface area (Å²) in [6, 6.07) is 2.27. The number of benzene rings is 1. The lowest BCUT2D eigenvalue weighted by Gasteiger charge is -2.64. The van der Waals surface area contributed by atoms with E-state index in [-0.39, 0.29) is 35.2 Å². The molecule has 2 aliphatic heterocycles. The molecule has 10 nitrogen and oxygen atoms in total. The van der Waals surface area contributed by atoms with Gasteiger partial charge in [-0.1, -0.05) is 0 Å². The molecule has 2 aromatic rings. The topological polar surface area (TPSA) is 130 Å². The van der Waals surface area contributed by atoms with Crippen molar-refractivity contribution in [1.29, 1.82) is 0 Å². The van der Waals surface area contributed by atoms with Crippen LogP contribution in [0.1, 0.15) is 48.8 Å². The van der Waals surface area contributed by atoms with Gasteiger partial charge >= 0.3 is 0 Å². The number of furan rings is 1. The quantitative estimate of drug-likeness (QED) is 0.337. The number of nitro benzene ring substituents is 1. The van der Waals surface area contributed by atoms with Crippen LogP contribution >= 0.6 is 0 Å². The Morgan fingerprint density at radius 2 is 2.16 bits per heavy atom. The minimum absolute atomic E-state index is 0.125. The number of likely N-dealkylation sites (N-methyl/N-ethyl adjacent to an activating group) is 1. The van der Waals surface area contributed by atoms with Crippen molar-refractivity contribution in [3.8, 4) is 11.5 Å². The van der Waals surface area contributed by atoms with Crippen LogP contribution < -0.4 is 4.74 Å². The van der Waals surface area contributed by atoms with E-state index in [1.54, 1.807) is 30.4 Å². The Balaban J connectivity index is 1.33. The molecule has 10 heteroatoms. The molecule has 3 heterocycles. The van der Waals surface area contributed by atoms with Crippen molar-refractivity contribution in [3.63, 3.8) is 0 Å². The molecule has 5 aliphatic rings. The maximum Gasteiger partial charge on any atom is 0.276 e. The third-order valence-corrected chi connectivity index (χ3v) is 9.84. The number of aliphatic hydroxyl groups is 1. The van der Waals surface area contributed by atoms with E-state index >= 15 is 0 Å². The summed E-state index contributed by atoms with van der Waals surface area (Å²) in [4.78, 5) is 28.9. The smallest absolute Gasteiger partial charge is 0.276 e. The number of nitrogens with zero attached hydrogens (tertiary/aromatic N) is 3. The Labute approximate surface area is 219 Å². The van der Waals surface area contributed by atoms with Crippen molar-refractivity contribution in [2.45, 2.75) is 67.7 Å². The maximum atomic E-state index is 13.2. The van der Waals surface area contributed by atoms with E-state index in [0.29, 0.717) is 42.7 Å². The Kier molecular flexibility index (Phi) is 5.04. The number of hydrogen-bond donors (Lipinski definition) is 2. The normalized spacial score (nSPS) is 33.2. The van der Waals surface area contributed by atoms with E-state index in [0.717, 1.165) is 18.7 Å². The van der Waals surface area contributed by atoms with Gasteiger partial charge in [0.15, 0.2) is 11.5 Å². The van der Waals surface area contributed by atoms with Gasteiger partial charge in [0.05, 0.1) is 40.6 Å². The third kappa shape index (κ3) is 3.10. The predicted octanol–water partition coefficient (Wildman–Crippen LogP) is 3.00. The molecule has 2 bridgehead atoms. The molecule has 38 heavy (non-hydrogen) atoms. The first-order valence-corrected chi connectivity index (χ1v) is 13.4. The summed E-state index contributed by atoms with van der Waals surface area (Å²) in [5.41, 5.74) is -0.352. The molecule has 1 spiro atoms. The molecule has 1 aromatic heterocycles. The second-order valence-electron chi connectivity index (χ2n) is 11.6. The van der Waals surface area contributed by atoms with E-state index in [2.05, 4.69) is 4.90 Å². The van der Waals surface area contributed by atoms with Gasteiger partial charge in [-0.05, 0) is 63.1 Å². The third-order valence-electron chi connectivity index (χ3n) is 9.84. The number of nitro groups is 1. The Hall–Kier alpha value is -3.37. The first kappa shape index (κ1) is 23.7. The highest BCUT2D eigenvalue weighted by atomic mass is 16.6. The summed E-state index contributed by atoms with van der Waals surface area (Å²) in [7, 11) is 1.73. The molecule has 0 unspecified atom stereocenters. The van der Waals surface area contributed by atoms with Crippen LogP contribution in [0.15, 0.2) is 35.2 Å². The van der Waals surface area contributed by atoms with Gasteiger partial charge in [-0.2, -0.15) is 0 Å². The molecule has 3 aliphatic carbocycles. The molecular weight excluding hydrogens is 490 g/mol. The SMILES string of the molecule is CN(C(=O)/C=C/c1ccoc1)[C@H]1CC[C@@]2(O)[C@H]3Cc4c([N+](=O)[O-])cc(O)c5c4[C@@]2(CCN3CC2CC2)[C@H]1O5. The van der Waals surface area contributed by atoms with Crippen LogP contribution in [0.5, 0.6) is 11.5 Å². The van der Waals surface area contributed by atoms with Crippen LogP contribution in [0.25, 0.3) is 6.08 Å². The van der Waals surface area contributed by atoms with Crippen molar-refractivity contribution < 1.29 is 29.1 Å². The summed E-state index contributed by atoms with van der Waals surface area (Å²) in [6.07, 6.45) is 9.82. The van der Waals surface area contributed by atoms with E-state index in [1.807, 2.05) is 0 Å². The molecule has 0 radical (unpaired) electrons. The Morgan fingerprint density at radius 3 is 2.87 bits per heavy atom. The fourth-order valence-corrected chi connectivity index (χ4v) is 7.90. The van der Waals surface area contributed by atoms with Gasteiger partial charge in [0.2, 0.25) is 5.91 Å². The number of carbonyl (C=O) groups is 1. The van der Waals surface area contributed by atoms with Crippen LogP contribution in [0.2, 0.25) is 0 Å². The summed E-state index contributed by atoms with van der Waals surface area (Å²) >= 11 is 0. The van der Waals surface area contributed by atoms with Crippen molar-refractivity contribution in [2.75, 3.05) is 20.1 Å². The molecule has 2 saturated carbocycles. The first-order chi connectivity index (χ1) is 18.2. The highest BCUT2D eigenvalue weighted by Crippen LogP contribution is 2.67. The summed E-state index contributed by atoms with van der Waals surface area (Å²) in [5.74, 6) is 0.335. The molecule has 3 fully saturated rings. The second-order valence-corrected chi connectivity index (χ2v) is 11.6. The number of phenolic OH excluding ortho intramolecular Hbond substituents is 1. The van der Waals surface area contributed by atoms with Crippen molar-refractivity contribution in [3.05, 3.63) is 57.5 Å². The number of aromatic hydroxyl groups is 1. The lowest BCUT2D eigenvalue weighted by molar-refractivity contribution is -0.386. The number of piperidine rings is 1. The number of phenols is 1. The van der Waals surface area contributed by atoms with Crippen molar-refractivity contribution in [1.82, 2.24) is 9.80 Å². The van der Waals surface area contributed by atoms with Gasteiger partial charge in [-0.25, -0.2) is 0 Å². The molecule has 5 atom stereocenters. The van der Waals surface area contributed by atoms with Gasteiger partial charge in [0.1, 0.15) is 6.10 Å². The highest BCUT2D eigenvalue weighted by Gasteiger charge is 2.74. The first-order valence-electron chi connectivity index (χ1n) is 13.4. The van der Waals surface area contributed by atoms with Gasteiger partial charge in [0.25, 0.3) is 5.69 Å². The van der Waals surface area contributed by atoms with E-state index in [1.165, 1.54) is 31.2 Å². The lowest BCUT2D eigenvalue weighted by atomic mass is 9.48. The summed E-state index contributed by atoms with van der Waals surface area (Å²) in [6.45, 7) is 1.61. The second kappa shape index (κ2) is 8.07. The standard InChI is InChI=1S/C28H31N3O7/c1-29(23(33)5-4-17-7-11-37-15-17)19-6-8-28(34)22-12-18-20(31(35)36)13-21(32)25-24(18)27(28,26(19)38-25)9-10-30(22)14-16-2-3-16/h4-5,7,11,13,15-16,19,22,26,32,34H,2-3,6,8-10,12,14H2,1H3/b5-4+/t19-,22+,26-,27-,28+/m0/s1. The average Bonchev–Trinajstić information content (AvgIpc) is 3.40. The molecule has 2 N–H and O–H groups in total. The summed E-state index contributed by atoms with van der Waals surface area (Å²) < 4.78 is 11.6. The van der Waals surface area contributed by atoms with E-state index in [9.17, 15) is 25.1 Å². The van der Waals surface area contributed by atoms with Crippen LogP contribution in [-0.4, -0.2) is 74.8 Å². The number of carbonyl (C=O) groups excluding carboxylic acids is 1. The monoisotopic (exact) mass is 521 g/mol. The molecular formula is C28H31N3O7. The van der Waals surface area contributed by atoms with Gasteiger partial charge in [0, 0.05) is 42.4 Å². The number of ether oxygens (including phenoxy) is 1. The predicted molar refractivity (Wildman–Crippen MR) is 136 cm³/mol. The lowest BCUT2D eigenvalue weighted by Crippen LogP contribution is -2.78. The zero-order valence-corrected chi connectivity index (χ0v) is 21.2. The number of amides is 1. The Bertz CT molecular complexity index is 1350. The fraction of sp³-hybridized carbons (Fsp3) is 0.536. The molecule has 1 amide bonds. The van der Waals surface area contributed by atoms with Crippen LogP contribution in [-0.2, 0) is 16.6 Å². The van der Waals surface area contributed by atoms with Gasteiger partial charge < -0.3 is 24.3 Å². The molecule has 7 rings (SSSR count). The van der Waals surface area contributed by atoms with Crippen molar-refractivity contribution in [2.24, 2.45) is 5.92 Å². The fourth-order valence-electron chi connectivity index (χ4n) is 7.90. The number of rotatable bonds is 6. The average molecular weight is 522 g/mol. The number of likely N-dealkylation sites (tertiary alicyclic amines) is 1. The zero-order valence-electron chi connectivity index (χ0n) is 21.2. The molecule has 1 aromatic carbocycles. The van der Waals surface area contributed by atoms with Gasteiger partial charge in [-0.15, -0.1) is 0 Å². The van der Waals surface area contributed by atoms with E-state index < -0.39 is 22.0 Å². The van der Waals surface area contributed by atoms with Crippen LogP contribution in [0.3, 0.4) is 0 Å². The maximum absolute atomic E-state index is 13.2. The molecule has 1 saturated heterocycles. The molecule has 200 valence electrons. The van der Waals surface area contributed by atoms with Crippen molar-refractivity contribution >= 4 is 17.7 Å². The minimum atomic E-state index is -1.18. The zero-order chi connectivity index (χ0) is 26.4. The largest absolute Gasteiger partial charge is 0.504 e. The summed E-state index contributed by atoms with van der Waals surface area (Å²) in [5, 5.41) is 35.6.